The van der Waals surface area contributed by atoms with Gasteiger partial charge in [0.2, 0.25) is 0 Å². The fourth-order valence-corrected chi connectivity index (χ4v) is 6.37. The Balaban J connectivity index is 1.10. The Labute approximate surface area is 207 Å². The molecule has 3 aromatic rings. The van der Waals surface area contributed by atoms with Crippen molar-refractivity contribution in [2.45, 2.75) is 31.7 Å². The van der Waals surface area contributed by atoms with Crippen LogP contribution in [-0.2, 0) is 6.54 Å². The van der Waals surface area contributed by atoms with Gasteiger partial charge >= 0.3 is 0 Å². The van der Waals surface area contributed by atoms with Crippen LogP contribution in [0.3, 0.4) is 0 Å². The van der Waals surface area contributed by atoms with Crippen molar-refractivity contribution < 1.29 is 9.13 Å². The number of piperidine rings is 1. The van der Waals surface area contributed by atoms with Crippen molar-refractivity contribution in [3.05, 3.63) is 88.4 Å². The summed E-state index contributed by atoms with van der Waals surface area (Å²) in [5.74, 6) is 2.60. The summed E-state index contributed by atoms with van der Waals surface area (Å²) in [6, 6.07) is 19.6. The number of likely N-dealkylation sites (tertiary alicyclic amines) is 2. The Morgan fingerprint density at radius 1 is 0.912 bits per heavy atom. The van der Waals surface area contributed by atoms with Gasteiger partial charge in [-0.15, -0.1) is 0 Å². The summed E-state index contributed by atoms with van der Waals surface area (Å²) in [5, 5.41) is 4.59. The van der Waals surface area contributed by atoms with E-state index < -0.39 is 0 Å². The minimum atomic E-state index is -0.216. The monoisotopic (exact) mass is 478 g/mol. The van der Waals surface area contributed by atoms with E-state index in [0.29, 0.717) is 18.4 Å². The maximum absolute atomic E-state index is 13.0. The normalized spacial score (nSPS) is 22.3. The maximum Gasteiger partial charge on any atom is 0.123 e. The third kappa shape index (κ3) is 6.26. The second kappa shape index (κ2) is 11.5. The van der Waals surface area contributed by atoms with E-state index in [0.717, 1.165) is 31.2 Å². The quantitative estimate of drug-likeness (QED) is 0.360. The van der Waals surface area contributed by atoms with Crippen LogP contribution < -0.4 is 4.74 Å². The van der Waals surface area contributed by atoms with Gasteiger partial charge in [-0.1, -0.05) is 30.3 Å². The molecule has 3 heterocycles. The third-order valence-corrected chi connectivity index (χ3v) is 8.25. The van der Waals surface area contributed by atoms with E-state index >= 15 is 0 Å². The van der Waals surface area contributed by atoms with Crippen molar-refractivity contribution in [3.63, 3.8) is 0 Å². The average Bonchev–Trinajstić information content (AvgIpc) is 3.52. The lowest BCUT2D eigenvalue weighted by Crippen LogP contribution is -2.39. The minimum Gasteiger partial charge on any atom is -0.494 e. The van der Waals surface area contributed by atoms with Crippen LogP contribution in [0.2, 0.25) is 0 Å². The Kier molecular flexibility index (Phi) is 7.94. The van der Waals surface area contributed by atoms with Crippen molar-refractivity contribution in [2.75, 3.05) is 39.3 Å². The Morgan fingerprint density at radius 2 is 1.71 bits per heavy atom. The predicted octanol–water partition coefficient (Wildman–Crippen LogP) is 6.28. The van der Waals surface area contributed by atoms with Crippen molar-refractivity contribution in [2.24, 2.45) is 11.8 Å². The zero-order valence-corrected chi connectivity index (χ0v) is 20.6. The molecule has 2 unspecified atom stereocenters. The van der Waals surface area contributed by atoms with Crippen molar-refractivity contribution in [1.29, 1.82) is 0 Å². The van der Waals surface area contributed by atoms with Gasteiger partial charge in [0.25, 0.3) is 0 Å². The van der Waals surface area contributed by atoms with Crippen LogP contribution in [-0.4, -0.2) is 49.1 Å². The summed E-state index contributed by atoms with van der Waals surface area (Å²) in [4.78, 5) is 5.36. The first-order valence-electron chi connectivity index (χ1n) is 12.6. The third-order valence-electron chi connectivity index (χ3n) is 7.55. The van der Waals surface area contributed by atoms with Gasteiger partial charge in [-0.25, -0.2) is 4.39 Å². The average molecular weight is 479 g/mol. The van der Waals surface area contributed by atoms with Crippen LogP contribution in [0.4, 0.5) is 4.39 Å². The molecule has 1 aromatic heterocycles. The summed E-state index contributed by atoms with van der Waals surface area (Å²) in [5.41, 5.74) is 2.94. The molecule has 0 spiro atoms. The molecule has 0 N–H and O–H groups in total. The largest absolute Gasteiger partial charge is 0.494 e. The zero-order chi connectivity index (χ0) is 23.2. The van der Waals surface area contributed by atoms with Crippen LogP contribution in [0.5, 0.6) is 5.75 Å². The lowest BCUT2D eigenvalue weighted by atomic mass is 9.88. The van der Waals surface area contributed by atoms with E-state index in [4.69, 9.17) is 4.74 Å². The SMILES string of the molecule is Fc1ccc(OCCC2CCN(CC3CN(Cc4ccccc4)CC3c3ccsc3)CC2)cc1. The molecular weight excluding hydrogens is 443 g/mol. The van der Waals surface area contributed by atoms with E-state index in [1.807, 2.05) is 11.3 Å². The number of hydrogen-bond donors (Lipinski definition) is 0. The van der Waals surface area contributed by atoms with Gasteiger partial charge in [0, 0.05) is 32.1 Å². The molecule has 2 atom stereocenters. The molecule has 2 saturated heterocycles. The van der Waals surface area contributed by atoms with Gasteiger partial charge in [0.15, 0.2) is 0 Å². The first-order valence-corrected chi connectivity index (χ1v) is 13.6. The summed E-state index contributed by atoms with van der Waals surface area (Å²) in [6.45, 7) is 7.68. The topological polar surface area (TPSA) is 15.7 Å². The van der Waals surface area contributed by atoms with E-state index in [9.17, 15) is 4.39 Å². The number of hydrogen-bond acceptors (Lipinski definition) is 4. The summed E-state index contributed by atoms with van der Waals surface area (Å²) in [7, 11) is 0. The second-order valence-corrected chi connectivity index (χ2v) is 10.7. The molecule has 2 aromatic carbocycles. The van der Waals surface area contributed by atoms with Gasteiger partial charge in [-0.05, 0) is 96.4 Å². The highest BCUT2D eigenvalue weighted by Gasteiger charge is 2.35. The number of thiophene rings is 1. The molecule has 2 aliphatic heterocycles. The van der Waals surface area contributed by atoms with Gasteiger partial charge in [-0.2, -0.15) is 11.3 Å². The molecule has 0 amide bonds. The smallest absolute Gasteiger partial charge is 0.123 e. The highest BCUT2D eigenvalue weighted by Crippen LogP contribution is 2.36. The molecule has 34 heavy (non-hydrogen) atoms. The van der Waals surface area contributed by atoms with Crippen LogP contribution in [0, 0.1) is 17.7 Å². The van der Waals surface area contributed by atoms with Crippen LogP contribution in [0.15, 0.2) is 71.4 Å². The first-order chi connectivity index (χ1) is 16.7. The van der Waals surface area contributed by atoms with Crippen LogP contribution in [0.1, 0.15) is 36.3 Å². The van der Waals surface area contributed by atoms with Crippen LogP contribution >= 0.6 is 11.3 Å². The molecule has 2 fully saturated rings. The Bertz CT molecular complexity index is 987. The number of benzene rings is 2. The maximum atomic E-state index is 13.0. The Morgan fingerprint density at radius 3 is 2.44 bits per heavy atom. The lowest BCUT2D eigenvalue weighted by Gasteiger charge is -2.34. The first kappa shape index (κ1) is 23.5. The lowest BCUT2D eigenvalue weighted by molar-refractivity contribution is 0.142. The number of nitrogens with zero attached hydrogens (tertiary/aromatic N) is 2. The van der Waals surface area contributed by atoms with Gasteiger partial charge in [0.05, 0.1) is 6.61 Å². The predicted molar refractivity (Wildman–Crippen MR) is 138 cm³/mol. The fourth-order valence-electron chi connectivity index (χ4n) is 5.64. The Hall–Kier alpha value is -2.21. The van der Waals surface area contributed by atoms with Crippen molar-refractivity contribution in [3.8, 4) is 5.75 Å². The number of halogens is 1. The summed E-state index contributed by atoms with van der Waals surface area (Å²) in [6.07, 6.45) is 3.57. The van der Waals surface area contributed by atoms with Gasteiger partial charge < -0.3 is 9.64 Å². The molecular formula is C29H35FN2OS. The molecule has 3 nitrogen and oxygen atoms in total. The number of rotatable bonds is 9. The van der Waals surface area contributed by atoms with E-state index in [1.54, 1.807) is 12.1 Å². The molecule has 5 rings (SSSR count). The highest BCUT2D eigenvalue weighted by atomic mass is 32.1. The van der Waals surface area contributed by atoms with Crippen LogP contribution in [0.25, 0.3) is 0 Å². The molecule has 2 aliphatic rings. The van der Waals surface area contributed by atoms with E-state index in [1.165, 1.54) is 62.3 Å². The number of ether oxygens (including phenoxy) is 1. The molecule has 0 saturated carbocycles. The van der Waals surface area contributed by atoms with E-state index in [-0.39, 0.29) is 5.82 Å². The molecule has 0 aliphatic carbocycles. The fraction of sp³-hybridized carbons (Fsp3) is 0.448. The standard InChI is InChI=1S/C29H35FN2OS/c30-27-6-8-28(9-7-27)33-16-12-23-10-14-31(15-11-23)19-26-20-32(18-24-4-2-1-3-5-24)21-29(26)25-13-17-34-22-25/h1-9,13,17,22-23,26,29H,10-12,14-16,18-21H2. The summed E-state index contributed by atoms with van der Waals surface area (Å²) >= 11 is 1.82. The molecule has 0 radical (unpaired) electrons. The van der Waals surface area contributed by atoms with E-state index in [2.05, 4.69) is 57.0 Å². The second-order valence-electron chi connectivity index (χ2n) is 9.94. The minimum absolute atomic E-state index is 0.216. The van der Waals surface area contributed by atoms with Gasteiger partial charge in [-0.3, -0.25) is 4.90 Å². The van der Waals surface area contributed by atoms with Crippen molar-refractivity contribution in [1.82, 2.24) is 9.80 Å². The van der Waals surface area contributed by atoms with Crippen molar-refractivity contribution >= 4 is 11.3 Å². The molecule has 0 bridgehead atoms. The van der Waals surface area contributed by atoms with Gasteiger partial charge in [0.1, 0.15) is 11.6 Å². The highest BCUT2D eigenvalue weighted by molar-refractivity contribution is 7.08. The molecule has 180 valence electrons. The summed E-state index contributed by atoms with van der Waals surface area (Å²) < 4.78 is 18.9. The molecule has 5 heteroatoms. The zero-order valence-electron chi connectivity index (χ0n) is 19.8.